The normalized spacial score (nSPS) is 21.1. The van der Waals surface area contributed by atoms with E-state index in [-0.39, 0.29) is 12.0 Å². The van der Waals surface area contributed by atoms with E-state index in [1.54, 1.807) is 7.11 Å². The Labute approximate surface area is 119 Å². The minimum Gasteiger partial charge on any atom is -0.493 e. The van der Waals surface area contributed by atoms with Gasteiger partial charge in [-0.2, -0.15) is 0 Å². The third-order valence-corrected chi connectivity index (χ3v) is 3.78. The Morgan fingerprint density at radius 2 is 2.10 bits per heavy atom. The molecule has 110 valence electrons. The summed E-state index contributed by atoms with van der Waals surface area (Å²) in [6, 6.07) is 6.00. The van der Waals surface area contributed by atoms with Gasteiger partial charge in [0.15, 0.2) is 11.5 Å². The van der Waals surface area contributed by atoms with Gasteiger partial charge in [-0.15, -0.1) is 0 Å². The molecular weight excluding hydrogens is 256 g/mol. The molecule has 1 aromatic carbocycles. The number of unbranched alkanes of at least 4 members (excludes halogenated alkanes) is 1. The Kier molecular flexibility index (Phi) is 4.88. The minimum atomic E-state index is -0.728. The highest BCUT2D eigenvalue weighted by molar-refractivity contribution is 5.71. The molecule has 0 bridgehead atoms. The first-order valence-corrected chi connectivity index (χ1v) is 7.20. The smallest absolute Gasteiger partial charge is 0.306 e. The third kappa shape index (κ3) is 3.44. The zero-order valence-electron chi connectivity index (χ0n) is 12.1. The molecule has 1 aliphatic carbocycles. The molecule has 0 atom stereocenters. The monoisotopic (exact) mass is 278 g/mol. The second-order valence-corrected chi connectivity index (χ2v) is 5.34. The van der Waals surface area contributed by atoms with Gasteiger partial charge in [0.2, 0.25) is 0 Å². The topological polar surface area (TPSA) is 55.8 Å². The standard InChI is InChI=1S/C16H22O4/c1-3-4-5-11-6-7-14(19-2)15(8-11)20-13-9-12(10-13)16(17)18/h6-8,12-13H,3-5,9-10H2,1-2H3,(H,17,18)/t12-,13-. The lowest BCUT2D eigenvalue weighted by Crippen LogP contribution is -2.38. The van der Waals surface area contributed by atoms with Crippen molar-refractivity contribution in [2.45, 2.75) is 45.1 Å². The molecule has 1 saturated carbocycles. The minimum absolute atomic E-state index is 0.00794. The molecule has 0 amide bonds. The van der Waals surface area contributed by atoms with Crippen LogP contribution in [-0.4, -0.2) is 24.3 Å². The van der Waals surface area contributed by atoms with E-state index >= 15 is 0 Å². The molecule has 1 N–H and O–H groups in total. The van der Waals surface area contributed by atoms with Crippen LogP contribution in [0.4, 0.5) is 0 Å². The van der Waals surface area contributed by atoms with Gasteiger partial charge in [0, 0.05) is 0 Å². The molecule has 0 radical (unpaired) electrons. The number of hydrogen-bond donors (Lipinski definition) is 1. The predicted octanol–water partition coefficient (Wildman–Crippen LogP) is 3.28. The van der Waals surface area contributed by atoms with Crippen LogP contribution in [-0.2, 0) is 11.2 Å². The summed E-state index contributed by atoms with van der Waals surface area (Å²) in [5.74, 6) is 0.460. The molecule has 1 aromatic rings. The fourth-order valence-electron chi connectivity index (χ4n) is 2.39. The highest BCUT2D eigenvalue weighted by atomic mass is 16.5. The van der Waals surface area contributed by atoms with Crippen LogP contribution in [0.2, 0.25) is 0 Å². The molecule has 20 heavy (non-hydrogen) atoms. The van der Waals surface area contributed by atoms with E-state index in [2.05, 4.69) is 13.0 Å². The van der Waals surface area contributed by atoms with Gasteiger partial charge in [-0.25, -0.2) is 0 Å². The summed E-state index contributed by atoms with van der Waals surface area (Å²) in [7, 11) is 1.62. The quantitative estimate of drug-likeness (QED) is 0.831. The number of aliphatic carboxylic acids is 1. The summed E-state index contributed by atoms with van der Waals surface area (Å²) in [4.78, 5) is 10.8. The van der Waals surface area contributed by atoms with Crippen molar-refractivity contribution in [3.05, 3.63) is 23.8 Å². The largest absolute Gasteiger partial charge is 0.493 e. The summed E-state index contributed by atoms with van der Waals surface area (Å²) in [5, 5.41) is 8.88. The molecular formula is C16H22O4. The number of ether oxygens (including phenoxy) is 2. The Morgan fingerprint density at radius 1 is 1.35 bits per heavy atom. The molecule has 4 heteroatoms. The van der Waals surface area contributed by atoms with Crippen LogP contribution < -0.4 is 9.47 Å². The van der Waals surface area contributed by atoms with Crippen LogP contribution in [0.25, 0.3) is 0 Å². The Bertz CT molecular complexity index is 464. The number of methoxy groups -OCH3 is 1. The number of rotatable bonds is 7. The summed E-state index contributed by atoms with van der Waals surface area (Å²) in [6.07, 6.45) is 4.49. The summed E-state index contributed by atoms with van der Waals surface area (Å²) in [5.41, 5.74) is 1.23. The molecule has 0 aromatic heterocycles. The maximum absolute atomic E-state index is 10.8. The average molecular weight is 278 g/mol. The van der Waals surface area contributed by atoms with Gasteiger partial charge in [-0.05, 0) is 43.4 Å². The van der Waals surface area contributed by atoms with Crippen LogP contribution in [0, 0.1) is 5.92 Å². The van der Waals surface area contributed by atoms with Gasteiger partial charge in [0.05, 0.1) is 13.0 Å². The second-order valence-electron chi connectivity index (χ2n) is 5.34. The highest BCUT2D eigenvalue weighted by Crippen LogP contribution is 2.36. The summed E-state index contributed by atoms with van der Waals surface area (Å²) < 4.78 is 11.2. The van der Waals surface area contributed by atoms with Crippen molar-refractivity contribution in [2.24, 2.45) is 5.92 Å². The maximum atomic E-state index is 10.8. The van der Waals surface area contributed by atoms with Crippen molar-refractivity contribution < 1.29 is 19.4 Å². The van der Waals surface area contributed by atoms with E-state index in [0.29, 0.717) is 18.6 Å². The third-order valence-electron chi connectivity index (χ3n) is 3.78. The Morgan fingerprint density at radius 3 is 2.70 bits per heavy atom. The zero-order chi connectivity index (χ0) is 14.5. The molecule has 0 heterocycles. The number of carboxylic acid groups (broad SMARTS) is 1. The first kappa shape index (κ1) is 14.7. The first-order valence-electron chi connectivity index (χ1n) is 7.20. The zero-order valence-corrected chi connectivity index (χ0v) is 12.1. The fourth-order valence-corrected chi connectivity index (χ4v) is 2.39. The van der Waals surface area contributed by atoms with Crippen molar-refractivity contribution in [3.8, 4) is 11.5 Å². The average Bonchev–Trinajstić information content (AvgIpc) is 2.39. The lowest BCUT2D eigenvalue weighted by molar-refractivity contribution is -0.147. The molecule has 2 rings (SSSR count). The number of aryl methyl sites for hydroxylation is 1. The van der Waals surface area contributed by atoms with Crippen molar-refractivity contribution in [1.29, 1.82) is 0 Å². The molecule has 1 fully saturated rings. The predicted molar refractivity (Wildman–Crippen MR) is 76.4 cm³/mol. The van der Waals surface area contributed by atoms with Crippen molar-refractivity contribution >= 4 is 5.97 Å². The van der Waals surface area contributed by atoms with Crippen molar-refractivity contribution in [3.63, 3.8) is 0 Å². The Hall–Kier alpha value is -1.71. The molecule has 1 aliphatic rings. The van der Waals surface area contributed by atoms with Crippen LogP contribution >= 0.6 is 0 Å². The van der Waals surface area contributed by atoms with E-state index in [0.717, 1.165) is 25.0 Å². The fraction of sp³-hybridized carbons (Fsp3) is 0.562. The maximum Gasteiger partial charge on any atom is 0.306 e. The van der Waals surface area contributed by atoms with Gasteiger partial charge in [-0.1, -0.05) is 19.4 Å². The Balaban J connectivity index is 2.00. The van der Waals surface area contributed by atoms with E-state index in [1.165, 1.54) is 5.56 Å². The summed E-state index contributed by atoms with van der Waals surface area (Å²) >= 11 is 0. The number of hydrogen-bond acceptors (Lipinski definition) is 3. The van der Waals surface area contributed by atoms with Gasteiger partial charge in [0.25, 0.3) is 0 Å². The molecule has 0 saturated heterocycles. The van der Waals surface area contributed by atoms with Crippen LogP contribution in [0.5, 0.6) is 11.5 Å². The number of benzene rings is 1. The van der Waals surface area contributed by atoms with Crippen LogP contribution in [0.1, 0.15) is 38.2 Å². The van der Waals surface area contributed by atoms with Gasteiger partial charge < -0.3 is 14.6 Å². The van der Waals surface area contributed by atoms with Crippen LogP contribution in [0.15, 0.2) is 18.2 Å². The molecule has 0 aliphatic heterocycles. The van der Waals surface area contributed by atoms with Crippen molar-refractivity contribution in [2.75, 3.05) is 7.11 Å². The van der Waals surface area contributed by atoms with Crippen LogP contribution in [0.3, 0.4) is 0 Å². The van der Waals surface area contributed by atoms with Crippen molar-refractivity contribution in [1.82, 2.24) is 0 Å². The van der Waals surface area contributed by atoms with E-state index in [9.17, 15) is 4.79 Å². The van der Waals surface area contributed by atoms with E-state index in [1.807, 2.05) is 12.1 Å². The van der Waals surface area contributed by atoms with Gasteiger partial charge in [-0.3, -0.25) is 4.79 Å². The van der Waals surface area contributed by atoms with E-state index in [4.69, 9.17) is 14.6 Å². The summed E-state index contributed by atoms with van der Waals surface area (Å²) in [6.45, 7) is 2.17. The van der Waals surface area contributed by atoms with Gasteiger partial charge in [0.1, 0.15) is 6.10 Å². The lowest BCUT2D eigenvalue weighted by atomic mass is 9.82. The number of carbonyl (C=O) groups is 1. The van der Waals surface area contributed by atoms with Gasteiger partial charge >= 0.3 is 5.97 Å². The molecule has 0 unspecified atom stereocenters. The second kappa shape index (κ2) is 6.64. The molecule has 0 spiro atoms. The lowest BCUT2D eigenvalue weighted by Gasteiger charge is -2.33. The first-order chi connectivity index (χ1) is 9.63. The SMILES string of the molecule is CCCCc1ccc(OC)c(O[C@H]2C[C@H](C(=O)O)C2)c1. The van der Waals surface area contributed by atoms with E-state index < -0.39 is 5.97 Å². The molecule has 4 nitrogen and oxygen atoms in total. The highest BCUT2D eigenvalue weighted by Gasteiger charge is 2.36. The number of carboxylic acids is 1.